The standard InChI is InChI=1S/C17H24O3/c1-3-4-13-10-17(7-8-19-13)11-15(18)14-9-12(2)5-6-16(14)20-17/h5-6,9,13,15,18H,3-4,7-8,10-11H2,1-2H3. The van der Waals surface area contributed by atoms with E-state index in [1.54, 1.807) is 0 Å². The van der Waals surface area contributed by atoms with Gasteiger partial charge in [-0.05, 0) is 25.5 Å². The normalized spacial score (nSPS) is 32.8. The van der Waals surface area contributed by atoms with Crippen molar-refractivity contribution in [1.82, 2.24) is 0 Å². The third kappa shape index (κ3) is 2.57. The third-order valence-electron chi connectivity index (χ3n) is 4.54. The molecule has 0 aromatic heterocycles. The maximum atomic E-state index is 10.5. The first-order valence-electron chi connectivity index (χ1n) is 7.71. The summed E-state index contributed by atoms with van der Waals surface area (Å²) in [6.45, 7) is 4.96. The van der Waals surface area contributed by atoms with Crippen molar-refractivity contribution >= 4 is 0 Å². The van der Waals surface area contributed by atoms with E-state index in [0.717, 1.165) is 49.2 Å². The Balaban J connectivity index is 1.84. The van der Waals surface area contributed by atoms with Crippen molar-refractivity contribution < 1.29 is 14.6 Å². The maximum Gasteiger partial charge on any atom is 0.125 e. The van der Waals surface area contributed by atoms with Crippen LogP contribution in [0.3, 0.4) is 0 Å². The molecule has 1 spiro atoms. The minimum atomic E-state index is -0.418. The van der Waals surface area contributed by atoms with Gasteiger partial charge in [0, 0.05) is 24.8 Å². The van der Waals surface area contributed by atoms with Crippen molar-refractivity contribution in [2.75, 3.05) is 6.61 Å². The van der Waals surface area contributed by atoms with Crippen molar-refractivity contribution in [3.05, 3.63) is 29.3 Å². The molecule has 2 aliphatic rings. The first-order chi connectivity index (χ1) is 9.62. The predicted octanol–water partition coefficient (Wildman–Crippen LogP) is 3.53. The number of rotatable bonds is 2. The molecule has 20 heavy (non-hydrogen) atoms. The Morgan fingerprint density at radius 1 is 1.35 bits per heavy atom. The molecule has 1 N–H and O–H groups in total. The third-order valence-corrected chi connectivity index (χ3v) is 4.54. The zero-order chi connectivity index (χ0) is 14.2. The molecule has 2 aliphatic heterocycles. The summed E-state index contributed by atoms with van der Waals surface area (Å²) < 4.78 is 12.1. The lowest BCUT2D eigenvalue weighted by atomic mass is 9.80. The SMILES string of the molecule is CCCC1CC2(CCO1)CC(O)c1cc(C)ccc1O2. The number of aryl methyl sites for hydroxylation is 1. The number of aliphatic hydroxyl groups excluding tert-OH is 1. The van der Waals surface area contributed by atoms with Gasteiger partial charge in [-0.15, -0.1) is 0 Å². The highest BCUT2D eigenvalue weighted by molar-refractivity contribution is 5.41. The smallest absolute Gasteiger partial charge is 0.125 e. The van der Waals surface area contributed by atoms with Gasteiger partial charge in [0.15, 0.2) is 0 Å². The highest BCUT2D eigenvalue weighted by atomic mass is 16.5. The van der Waals surface area contributed by atoms with Gasteiger partial charge < -0.3 is 14.6 Å². The summed E-state index contributed by atoms with van der Waals surface area (Å²) in [6.07, 6.45) is 4.50. The van der Waals surface area contributed by atoms with Crippen LogP contribution in [0.15, 0.2) is 18.2 Å². The van der Waals surface area contributed by atoms with Crippen molar-refractivity contribution in [3.8, 4) is 5.75 Å². The first-order valence-corrected chi connectivity index (χ1v) is 7.71. The van der Waals surface area contributed by atoms with E-state index in [-0.39, 0.29) is 11.7 Å². The van der Waals surface area contributed by atoms with Gasteiger partial charge in [0.05, 0.1) is 18.8 Å². The summed E-state index contributed by atoms with van der Waals surface area (Å²) in [5.41, 5.74) is 1.87. The second kappa shape index (κ2) is 5.38. The van der Waals surface area contributed by atoms with Gasteiger partial charge in [0.25, 0.3) is 0 Å². The monoisotopic (exact) mass is 276 g/mol. The number of hydrogen-bond acceptors (Lipinski definition) is 3. The lowest BCUT2D eigenvalue weighted by Crippen LogP contribution is -2.48. The molecule has 0 aliphatic carbocycles. The fourth-order valence-electron chi connectivity index (χ4n) is 3.53. The second-order valence-corrected chi connectivity index (χ2v) is 6.28. The lowest BCUT2D eigenvalue weighted by molar-refractivity contribution is -0.118. The lowest BCUT2D eigenvalue weighted by Gasteiger charge is -2.45. The van der Waals surface area contributed by atoms with Gasteiger partial charge >= 0.3 is 0 Å². The largest absolute Gasteiger partial charge is 0.487 e. The van der Waals surface area contributed by atoms with Gasteiger partial charge in [0.2, 0.25) is 0 Å². The minimum Gasteiger partial charge on any atom is -0.487 e. The fraction of sp³-hybridized carbons (Fsp3) is 0.647. The van der Waals surface area contributed by atoms with Crippen LogP contribution in [-0.4, -0.2) is 23.4 Å². The Bertz CT molecular complexity index is 483. The molecule has 3 nitrogen and oxygen atoms in total. The zero-order valence-electron chi connectivity index (χ0n) is 12.4. The summed E-state index contributed by atoms with van der Waals surface area (Å²) in [4.78, 5) is 0. The van der Waals surface area contributed by atoms with E-state index in [4.69, 9.17) is 9.47 Å². The molecule has 3 atom stereocenters. The summed E-state index contributed by atoms with van der Waals surface area (Å²) >= 11 is 0. The number of fused-ring (bicyclic) bond motifs is 1. The summed E-state index contributed by atoms with van der Waals surface area (Å²) in [6, 6.07) is 6.09. The molecule has 1 saturated heterocycles. The van der Waals surface area contributed by atoms with E-state index < -0.39 is 6.10 Å². The molecule has 3 heteroatoms. The first kappa shape index (κ1) is 13.9. The van der Waals surface area contributed by atoms with E-state index in [1.807, 2.05) is 25.1 Å². The van der Waals surface area contributed by atoms with Crippen LogP contribution < -0.4 is 4.74 Å². The van der Waals surface area contributed by atoms with Crippen molar-refractivity contribution in [3.63, 3.8) is 0 Å². The highest BCUT2D eigenvalue weighted by Gasteiger charge is 2.44. The van der Waals surface area contributed by atoms with Gasteiger partial charge in [0.1, 0.15) is 11.4 Å². The van der Waals surface area contributed by atoms with Gasteiger partial charge in [-0.1, -0.05) is 25.0 Å². The predicted molar refractivity (Wildman–Crippen MR) is 78.0 cm³/mol. The van der Waals surface area contributed by atoms with E-state index in [2.05, 4.69) is 6.92 Å². The van der Waals surface area contributed by atoms with Gasteiger partial charge in [-0.3, -0.25) is 0 Å². The van der Waals surface area contributed by atoms with Crippen LogP contribution in [0.4, 0.5) is 0 Å². The average molecular weight is 276 g/mol. The molecule has 1 fully saturated rings. The Hall–Kier alpha value is -1.06. The molecule has 1 aromatic rings. The van der Waals surface area contributed by atoms with E-state index in [9.17, 15) is 5.11 Å². The van der Waals surface area contributed by atoms with Gasteiger partial charge in [-0.2, -0.15) is 0 Å². The molecule has 0 amide bonds. The fourth-order valence-corrected chi connectivity index (χ4v) is 3.53. The van der Waals surface area contributed by atoms with Crippen LogP contribution in [0.1, 0.15) is 56.3 Å². The quantitative estimate of drug-likeness (QED) is 0.898. The molecular weight excluding hydrogens is 252 g/mol. The Morgan fingerprint density at radius 3 is 3.00 bits per heavy atom. The Labute approximate surface area is 120 Å². The highest BCUT2D eigenvalue weighted by Crippen LogP contribution is 2.45. The summed E-state index contributed by atoms with van der Waals surface area (Å²) in [7, 11) is 0. The Kier molecular flexibility index (Phi) is 3.74. The van der Waals surface area contributed by atoms with Gasteiger partial charge in [-0.25, -0.2) is 0 Å². The van der Waals surface area contributed by atoms with Crippen molar-refractivity contribution in [1.29, 1.82) is 0 Å². The molecule has 2 heterocycles. The molecular formula is C17H24O3. The molecule has 110 valence electrons. The van der Waals surface area contributed by atoms with Crippen LogP contribution >= 0.6 is 0 Å². The molecule has 3 unspecified atom stereocenters. The average Bonchev–Trinajstić information content (AvgIpc) is 2.40. The molecule has 0 radical (unpaired) electrons. The molecule has 1 aromatic carbocycles. The number of hydrogen-bond donors (Lipinski definition) is 1. The molecule has 0 bridgehead atoms. The topological polar surface area (TPSA) is 38.7 Å². The Morgan fingerprint density at radius 2 is 2.20 bits per heavy atom. The number of benzene rings is 1. The van der Waals surface area contributed by atoms with E-state index >= 15 is 0 Å². The maximum absolute atomic E-state index is 10.5. The van der Waals surface area contributed by atoms with Crippen molar-refractivity contribution in [2.24, 2.45) is 0 Å². The van der Waals surface area contributed by atoms with Crippen LogP contribution in [0.2, 0.25) is 0 Å². The number of aliphatic hydroxyl groups is 1. The van der Waals surface area contributed by atoms with Crippen LogP contribution in [0, 0.1) is 6.92 Å². The molecule has 0 saturated carbocycles. The van der Waals surface area contributed by atoms with Crippen molar-refractivity contribution in [2.45, 2.75) is 63.8 Å². The second-order valence-electron chi connectivity index (χ2n) is 6.28. The van der Waals surface area contributed by atoms with Crippen LogP contribution in [0.5, 0.6) is 5.75 Å². The minimum absolute atomic E-state index is 0.236. The zero-order valence-corrected chi connectivity index (χ0v) is 12.4. The number of ether oxygens (including phenoxy) is 2. The van der Waals surface area contributed by atoms with Crippen LogP contribution in [-0.2, 0) is 4.74 Å². The summed E-state index contributed by atoms with van der Waals surface area (Å²) in [5.74, 6) is 0.853. The van der Waals surface area contributed by atoms with E-state index in [0.29, 0.717) is 6.42 Å². The summed E-state index contributed by atoms with van der Waals surface area (Å²) in [5, 5.41) is 10.5. The van der Waals surface area contributed by atoms with Crippen LogP contribution in [0.25, 0.3) is 0 Å². The van der Waals surface area contributed by atoms with E-state index in [1.165, 1.54) is 0 Å². The molecule has 3 rings (SSSR count).